The second-order valence-electron chi connectivity index (χ2n) is 5.00. The third-order valence-corrected chi connectivity index (χ3v) is 3.41. The van der Waals surface area contributed by atoms with E-state index in [-0.39, 0.29) is 6.61 Å². The first kappa shape index (κ1) is 14.5. The maximum absolute atomic E-state index is 11.1. The monoisotopic (exact) mass is 279 g/mol. The van der Waals surface area contributed by atoms with Crippen molar-refractivity contribution in [2.24, 2.45) is 5.92 Å². The molecule has 1 heterocycles. The molecule has 0 aliphatic rings. The Kier molecular flexibility index (Phi) is 4.68. The van der Waals surface area contributed by atoms with E-state index in [1.807, 2.05) is 0 Å². The van der Waals surface area contributed by atoms with E-state index in [4.69, 9.17) is 15.3 Å². The van der Waals surface area contributed by atoms with Gasteiger partial charge >= 0.3 is 5.76 Å². The number of nitrogens with one attached hydrogen (secondary N) is 2. The zero-order chi connectivity index (χ0) is 14.5. The third-order valence-electron chi connectivity index (χ3n) is 3.41. The van der Waals surface area contributed by atoms with E-state index >= 15 is 0 Å². The molecule has 0 saturated heterocycles. The number of hydrogen-bond donors (Lipinski definition) is 4. The number of aliphatic hydroxyl groups excluding tert-OH is 1. The van der Waals surface area contributed by atoms with Gasteiger partial charge in [0.1, 0.15) is 0 Å². The van der Waals surface area contributed by atoms with Gasteiger partial charge in [0.15, 0.2) is 5.58 Å². The van der Waals surface area contributed by atoms with Crippen molar-refractivity contribution in [3.63, 3.8) is 0 Å². The lowest BCUT2D eigenvalue weighted by molar-refractivity contribution is 0.255. The highest BCUT2D eigenvalue weighted by Gasteiger charge is 2.10. The van der Waals surface area contributed by atoms with Crippen molar-refractivity contribution in [3.8, 4) is 0 Å². The summed E-state index contributed by atoms with van der Waals surface area (Å²) in [6, 6.07) is 3.41. The fourth-order valence-corrected chi connectivity index (χ4v) is 2.36. The summed E-state index contributed by atoms with van der Waals surface area (Å²) in [6.07, 6.45) is 2.90. The number of aromatic nitrogens is 1. The second kappa shape index (κ2) is 6.47. The van der Waals surface area contributed by atoms with Gasteiger partial charge in [-0.05, 0) is 24.8 Å². The molecule has 2 rings (SSSR count). The molecule has 0 aliphatic heterocycles. The van der Waals surface area contributed by atoms with E-state index in [1.54, 1.807) is 12.1 Å². The van der Waals surface area contributed by atoms with E-state index in [1.165, 1.54) is 0 Å². The number of benzene rings is 1. The normalized spacial score (nSPS) is 12.7. The molecule has 1 aromatic heterocycles. The summed E-state index contributed by atoms with van der Waals surface area (Å²) in [5.41, 5.74) is 8.34. The summed E-state index contributed by atoms with van der Waals surface area (Å²) in [4.78, 5) is 13.7. The highest BCUT2D eigenvalue weighted by Crippen LogP contribution is 2.25. The Hall–Kier alpha value is -1.95. The fourth-order valence-electron chi connectivity index (χ4n) is 2.36. The van der Waals surface area contributed by atoms with E-state index in [0.717, 1.165) is 31.5 Å². The van der Waals surface area contributed by atoms with Gasteiger partial charge in [-0.2, -0.15) is 0 Å². The van der Waals surface area contributed by atoms with Crippen LogP contribution < -0.4 is 16.8 Å². The SMILES string of the molecule is CCCC(CCO)CNc1cc2[nH]c(=O)oc2cc1N. The lowest BCUT2D eigenvalue weighted by atomic mass is 10.00. The van der Waals surface area contributed by atoms with Crippen molar-refractivity contribution in [1.82, 2.24) is 4.98 Å². The molecule has 2 aromatic rings. The third kappa shape index (κ3) is 3.33. The number of hydrogen-bond acceptors (Lipinski definition) is 5. The number of aromatic amines is 1. The predicted octanol–water partition coefficient (Wildman–Crippen LogP) is 1.91. The van der Waals surface area contributed by atoms with Gasteiger partial charge in [0, 0.05) is 19.2 Å². The summed E-state index contributed by atoms with van der Waals surface area (Å²) in [7, 11) is 0. The molecule has 6 nitrogen and oxygen atoms in total. The molecule has 0 spiro atoms. The molecule has 1 atom stereocenters. The van der Waals surface area contributed by atoms with Crippen LogP contribution in [0.15, 0.2) is 21.3 Å². The summed E-state index contributed by atoms with van der Waals surface area (Å²) in [5, 5.41) is 12.3. The number of nitrogens with two attached hydrogens (primary N) is 1. The van der Waals surface area contributed by atoms with Crippen LogP contribution in [0.3, 0.4) is 0 Å². The zero-order valence-corrected chi connectivity index (χ0v) is 11.6. The Balaban J connectivity index is 2.11. The van der Waals surface area contributed by atoms with Crippen LogP contribution in [-0.4, -0.2) is 23.2 Å². The second-order valence-corrected chi connectivity index (χ2v) is 5.00. The van der Waals surface area contributed by atoms with Crippen LogP contribution in [0, 0.1) is 5.92 Å². The van der Waals surface area contributed by atoms with Crippen LogP contribution >= 0.6 is 0 Å². The minimum Gasteiger partial charge on any atom is -0.408 e. The molecule has 0 bridgehead atoms. The Morgan fingerprint density at radius 1 is 1.45 bits per heavy atom. The summed E-state index contributed by atoms with van der Waals surface area (Å²) in [5.74, 6) is -0.0795. The first-order chi connectivity index (χ1) is 9.63. The predicted molar refractivity (Wildman–Crippen MR) is 79.8 cm³/mol. The largest absolute Gasteiger partial charge is 0.417 e. The van der Waals surface area contributed by atoms with Crippen LogP contribution in [0.25, 0.3) is 11.1 Å². The minimum absolute atomic E-state index is 0.190. The molecule has 0 amide bonds. The smallest absolute Gasteiger partial charge is 0.408 e. The van der Waals surface area contributed by atoms with Gasteiger partial charge < -0.3 is 20.6 Å². The molecular weight excluding hydrogens is 258 g/mol. The van der Waals surface area contributed by atoms with Crippen LogP contribution in [-0.2, 0) is 0 Å². The van der Waals surface area contributed by atoms with E-state index in [9.17, 15) is 4.79 Å². The molecule has 0 saturated carbocycles. The van der Waals surface area contributed by atoms with E-state index < -0.39 is 5.76 Å². The highest BCUT2D eigenvalue weighted by molar-refractivity contribution is 5.85. The molecule has 0 fully saturated rings. The summed E-state index contributed by atoms with van der Waals surface area (Å²) >= 11 is 0. The molecule has 0 aliphatic carbocycles. The Morgan fingerprint density at radius 2 is 2.25 bits per heavy atom. The van der Waals surface area contributed by atoms with Gasteiger partial charge in [0.2, 0.25) is 0 Å². The van der Waals surface area contributed by atoms with Gasteiger partial charge in [0.05, 0.1) is 16.9 Å². The lowest BCUT2D eigenvalue weighted by Gasteiger charge is -2.17. The molecule has 6 heteroatoms. The van der Waals surface area contributed by atoms with Crippen molar-refractivity contribution in [2.45, 2.75) is 26.2 Å². The first-order valence-corrected chi connectivity index (χ1v) is 6.91. The zero-order valence-electron chi connectivity index (χ0n) is 11.6. The van der Waals surface area contributed by atoms with Crippen molar-refractivity contribution in [3.05, 3.63) is 22.7 Å². The molecule has 1 aromatic carbocycles. The molecular formula is C14H21N3O3. The number of oxazole rings is 1. The number of anilines is 2. The van der Waals surface area contributed by atoms with Crippen LogP contribution in [0.2, 0.25) is 0 Å². The molecule has 1 unspecified atom stereocenters. The van der Waals surface area contributed by atoms with Gasteiger partial charge in [-0.15, -0.1) is 0 Å². The fraction of sp³-hybridized carbons (Fsp3) is 0.500. The molecule has 110 valence electrons. The van der Waals surface area contributed by atoms with Gasteiger partial charge in [-0.25, -0.2) is 4.79 Å². The highest BCUT2D eigenvalue weighted by atomic mass is 16.4. The maximum Gasteiger partial charge on any atom is 0.417 e. The minimum atomic E-state index is -0.485. The standard InChI is InChI=1S/C14H21N3O3/c1-2-3-9(4-5-18)8-16-11-7-12-13(6-10(11)15)20-14(19)17-12/h6-7,9,16,18H,2-5,8,15H2,1H3,(H,17,19). The molecule has 5 N–H and O–H groups in total. The van der Waals surface area contributed by atoms with Gasteiger partial charge in [0.25, 0.3) is 0 Å². The average molecular weight is 279 g/mol. The Labute approximate surface area is 117 Å². The topological polar surface area (TPSA) is 104 Å². The van der Waals surface area contributed by atoms with Crippen molar-refractivity contribution >= 4 is 22.5 Å². The van der Waals surface area contributed by atoms with Crippen LogP contribution in [0.1, 0.15) is 26.2 Å². The van der Waals surface area contributed by atoms with Crippen molar-refractivity contribution in [1.29, 1.82) is 0 Å². The number of nitrogen functional groups attached to an aromatic ring is 1. The number of aliphatic hydroxyl groups is 1. The summed E-state index contributed by atoms with van der Waals surface area (Å²) < 4.78 is 4.95. The first-order valence-electron chi connectivity index (χ1n) is 6.91. The van der Waals surface area contributed by atoms with Gasteiger partial charge in [-0.3, -0.25) is 4.98 Å². The maximum atomic E-state index is 11.1. The van der Waals surface area contributed by atoms with E-state index in [2.05, 4.69) is 17.2 Å². The van der Waals surface area contributed by atoms with Crippen molar-refractivity contribution in [2.75, 3.05) is 24.2 Å². The molecule has 0 radical (unpaired) electrons. The quantitative estimate of drug-likeness (QED) is 0.580. The van der Waals surface area contributed by atoms with Crippen LogP contribution in [0.4, 0.5) is 11.4 Å². The molecule has 20 heavy (non-hydrogen) atoms. The average Bonchev–Trinajstić information content (AvgIpc) is 2.75. The van der Waals surface area contributed by atoms with Crippen molar-refractivity contribution < 1.29 is 9.52 Å². The lowest BCUT2D eigenvalue weighted by Crippen LogP contribution is -2.16. The summed E-state index contributed by atoms with van der Waals surface area (Å²) in [6.45, 7) is 3.06. The number of rotatable bonds is 7. The van der Waals surface area contributed by atoms with E-state index in [0.29, 0.717) is 22.7 Å². The number of fused-ring (bicyclic) bond motifs is 1. The Bertz CT molecular complexity index is 612. The Morgan fingerprint density at radius 3 is 2.95 bits per heavy atom. The number of H-pyrrole nitrogens is 1. The van der Waals surface area contributed by atoms with Crippen LogP contribution in [0.5, 0.6) is 0 Å². The van der Waals surface area contributed by atoms with Gasteiger partial charge in [-0.1, -0.05) is 13.3 Å².